The predicted molar refractivity (Wildman–Crippen MR) is 91.4 cm³/mol. The van der Waals surface area contributed by atoms with Gasteiger partial charge in [0.05, 0.1) is 5.52 Å². The van der Waals surface area contributed by atoms with Crippen LogP contribution in [0.2, 0.25) is 0 Å². The molecule has 1 saturated heterocycles. The number of aromatic nitrogens is 3. The third-order valence-corrected chi connectivity index (χ3v) is 5.24. The Morgan fingerprint density at radius 2 is 2.04 bits per heavy atom. The summed E-state index contributed by atoms with van der Waals surface area (Å²) in [4.78, 5) is 37.3. The van der Waals surface area contributed by atoms with Crippen LogP contribution in [0.25, 0.3) is 11.0 Å². The molecule has 1 aliphatic carbocycles. The number of benzene rings is 1. The van der Waals surface area contributed by atoms with E-state index in [-0.39, 0.29) is 12.5 Å². The molecule has 0 radical (unpaired) electrons. The fourth-order valence-electron chi connectivity index (χ4n) is 3.65. The van der Waals surface area contributed by atoms with E-state index in [0.29, 0.717) is 29.8 Å². The zero-order valence-electron chi connectivity index (χ0n) is 14.4. The van der Waals surface area contributed by atoms with Crippen molar-refractivity contribution in [2.45, 2.75) is 44.7 Å². The second kappa shape index (κ2) is 6.08. The zero-order valence-corrected chi connectivity index (χ0v) is 14.4. The van der Waals surface area contributed by atoms with Gasteiger partial charge in [-0.3, -0.25) is 15.0 Å². The normalized spacial score (nSPS) is 25.7. The number of rotatable bonds is 3. The van der Waals surface area contributed by atoms with Crippen LogP contribution < -0.4 is 10.7 Å². The van der Waals surface area contributed by atoms with Crippen LogP contribution in [0.5, 0.6) is 0 Å². The number of nitrogens with one attached hydrogen (secondary N) is 2. The molecule has 0 atom stereocenters. The number of hydrogen-bond acceptors (Lipinski definition) is 5. The molecule has 1 aliphatic heterocycles. The van der Waals surface area contributed by atoms with Gasteiger partial charge in [0.1, 0.15) is 17.6 Å². The molecule has 26 heavy (non-hydrogen) atoms. The molecule has 136 valence electrons. The van der Waals surface area contributed by atoms with Crippen molar-refractivity contribution in [1.82, 2.24) is 30.7 Å². The molecule has 1 saturated carbocycles. The van der Waals surface area contributed by atoms with E-state index in [1.54, 1.807) is 12.1 Å². The van der Waals surface area contributed by atoms with Crippen molar-refractivity contribution in [3.05, 3.63) is 24.3 Å². The van der Waals surface area contributed by atoms with E-state index in [1.807, 2.05) is 12.1 Å². The second-order valence-corrected chi connectivity index (χ2v) is 7.11. The van der Waals surface area contributed by atoms with Crippen molar-refractivity contribution in [3.63, 3.8) is 0 Å². The molecule has 9 heteroatoms. The minimum Gasteiger partial charge on any atom is -0.322 e. The van der Waals surface area contributed by atoms with Gasteiger partial charge in [0.25, 0.3) is 11.8 Å². The summed E-state index contributed by atoms with van der Waals surface area (Å²) in [7, 11) is 0. The predicted octanol–water partition coefficient (Wildman–Crippen LogP) is 0.963. The maximum atomic E-state index is 12.7. The smallest absolute Gasteiger partial charge is 0.322 e. The highest BCUT2D eigenvalue weighted by Gasteiger charge is 2.52. The van der Waals surface area contributed by atoms with Gasteiger partial charge in [0, 0.05) is 0 Å². The van der Waals surface area contributed by atoms with Crippen molar-refractivity contribution in [2.24, 2.45) is 5.92 Å². The number of carbonyl (C=O) groups is 3. The quantitative estimate of drug-likeness (QED) is 0.796. The van der Waals surface area contributed by atoms with Crippen molar-refractivity contribution < 1.29 is 14.4 Å². The van der Waals surface area contributed by atoms with Crippen LogP contribution >= 0.6 is 0 Å². The SMILES string of the molecule is CC1CCC2(CC1)NC(=O)N(NC(=O)Cn1nnc3ccccc31)C2=O. The number of urea groups is 1. The maximum absolute atomic E-state index is 12.7. The first-order valence-corrected chi connectivity index (χ1v) is 8.73. The van der Waals surface area contributed by atoms with Crippen molar-refractivity contribution in [1.29, 1.82) is 0 Å². The largest absolute Gasteiger partial charge is 0.344 e. The number of hydrazine groups is 1. The van der Waals surface area contributed by atoms with Gasteiger partial charge in [0.2, 0.25) is 0 Å². The van der Waals surface area contributed by atoms with E-state index in [4.69, 9.17) is 0 Å². The molecule has 4 rings (SSSR count). The summed E-state index contributed by atoms with van der Waals surface area (Å²) in [6, 6.07) is 6.67. The minimum absolute atomic E-state index is 0.137. The van der Waals surface area contributed by atoms with Crippen molar-refractivity contribution in [3.8, 4) is 0 Å². The maximum Gasteiger partial charge on any atom is 0.344 e. The number of nitrogens with zero attached hydrogens (tertiary/aromatic N) is 4. The van der Waals surface area contributed by atoms with Gasteiger partial charge < -0.3 is 5.32 Å². The number of imide groups is 1. The first-order valence-electron chi connectivity index (χ1n) is 8.73. The molecule has 2 fully saturated rings. The number of fused-ring (bicyclic) bond motifs is 1. The Morgan fingerprint density at radius 1 is 1.31 bits per heavy atom. The number of amides is 4. The van der Waals surface area contributed by atoms with Gasteiger partial charge in [-0.2, -0.15) is 5.01 Å². The summed E-state index contributed by atoms with van der Waals surface area (Å²) in [5.41, 5.74) is 2.91. The average Bonchev–Trinajstić information content (AvgIpc) is 3.13. The van der Waals surface area contributed by atoms with E-state index in [9.17, 15) is 14.4 Å². The molecular formula is C17H20N6O3. The molecule has 2 heterocycles. The topological polar surface area (TPSA) is 109 Å². The first kappa shape index (κ1) is 16.5. The van der Waals surface area contributed by atoms with E-state index < -0.39 is 17.5 Å². The van der Waals surface area contributed by atoms with Gasteiger partial charge in [-0.25, -0.2) is 9.48 Å². The summed E-state index contributed by atoms with van der Waals surface area (Å²) in [5, 5.41) is 11.5. The van der Waals surface area contributed by atoms with E-state index >= 15 is 0 Å². The lowest BCUT2D eigenvalue weighted by molar-refractivity contribution is -0.140. The van der Waals surface area contributed by atoms with Crippen molar-refractivity contribution >= 4 is 28.9 Å². The molecule has 2 aromatic rings. The highest BCUT2D eigenvalue weighted by molar-refractivity contribution is 6.08. The van der Waals surface area contributed by atoms with Crippen LogP contribution in [0.4, 0.5) is 4.79 Å². The summed E-state index contributed by atoms with van der Waals surface area (Å²) < 4.78 is 1.43. The second-order valence-electron chi connectivity index (χ2n) is 7.11. The summed E-state index contributed by atoms with van der Waals surface area (Å²) >= 11 is 0. The van der Waals surface area contributed by atoms with E-state index in [2.05, 4.69) is 28.0 Å². The molecule has 1 aromatic carbocycles. The molecule has 9 nitrogen and oxygen atoms in total. The highest BCUT2D eigenvalue weighted by Crippen LogP contribution is 2.35. The standard InChI is InChI=1S/C17H20N6O3/c1-11-6-8-17(9-7-11)15(25)23(16(26)18-17)20-14(24)10-22-13-5-3-2-4-12(13)19-21-22/h2-5,11H,6-10H2,1H3,(H,18,26)(H,20,24). The molecule has 2 N–H and O–H groups in total. The number of carbonyl (C=O) groups excluding carboxylic acids is 3. The molecular weight excluding hydrogens is 336 g/mol. The number of para-hydroxylation sites is 1. The van der Waals surface area contributed by atoms with E-state index in [1.165, 1.54) is 4.68 Å². The average molecular weight is 356 g/mol. The third-order valence-electron chi connectivity index (χ3n) is 5.24. The lowest BCUT2D eigenvalue weighted by Crippen LogP contribution is -2.52. The van der Waals surface area contributed by atoms with Crippen LogP contribution in [-0.4, -0.2) is 43.4 Å². The van der Waals surface area contributed by atoms with Crippen LogP contribution in [0.3, 0.4) is 0 Å². The van der Waals surface area contributed by atoms with Gasteiger partial charge in [-0.1, -0.05) is 24.3 Å². The monoisotopic (exact) mass is 356 g/mol. The van der Waals surface area contributed by atoms with Crippen LogP contribution in [-0.2, 0) is 16.1 Å². The summed E-state index contributed by atoms with van der Waals surface area (Å²) in [6.07, 6.45) is 2.94. The zero-order chi connectivity index (χ0) is 18.3. The lowest BCUT2D eigenvalue weighted by Gasteiger charge is -2.33. The summed E-state index contributed by atoms with van der Waals surface area (Å²) in [5.74, 6) is -0.355. The third kappa shape index (κ3) is 2.69. The Bertz CT molecular complexity index is 884. The van der Waals surface area contributed by atoms with Gasteiger partial charge in [-0.15, -0.1) is 5.10 Å². The fraction of sp³-hybridized carbons (Fsp3) is 0.471. The molecule has 4 amide bonds. The van der Waals surface area contributed by atoms with Gasteiger partial charge in [-0.05, 0) is 43.7 Å². The number of hydrogen-bond donors (Lipinski definition) is 2. The van der Waals surface area contributed by atoms with Crippen molar-refractivity contribution in [2.75, 3.05) is 0 Å². The Balaban J connectivity index is 1.46. The Kier molecular flexibility index (Phi) is 3.86. The molecule has 1 aromatic heterocycles. The minimum atomic E-state index is -0.878. The highest BCUT2D eigenvalue weighted by atomic mass is 16.2. The summed E-state index contributed by atoms with van der Waals surface area (Å²) in [6.45, 7) is 2.00. The van der Waals surface area contributed by atoms with Gasteiger partial charge >= 0.3 is 6.03 Å². The Labute approximate surface area is 149 Å². The van der Waals surface area contributed by atoms with Crippen LogP contribution in [0, 0.1) is 5.92 Å². The Hall–Kier alpha value is -2.97. The first-order chi connectivity index (χ1) is 12.5. The molecule has 1 spiro atoms. The molecule has 0 unspecified atom stereocenters. The Morgan fingerprint density at radius 3 is 2.81 bits per heavy atom. The van der Waals surface area contributed by atoms with Crippen LogP contribution in [0.15, 0.2) is 24.3 Å². The fourth-order valence-corrected chi connectivity index (χ4v) is 3.65. The molecule has 2 aliphatic rings. The van der Waals surface area contributed by atoms with E-state index in [0.717, 1.165) is 17.9 Å². The van der Waals surface area contributed by atoms with Crippen LogP contribution in [0.1, 0.15) is 32.6 Å². The van der Waals surface area contributed by atoms with Gasteiger partial charge in [0.15, 0.2) is 0 Å². The molecule has 0 bridgehead atoms. The lowest BCUT2D eigenvalue weighted by atomic mass is 9.77.